The van der Waals surface area contributed by atoms with E-state index in [1.54, 1.807) is 35.1 Å². The standard InChI is InChI=1S/C14H20N4O2S/c1-10(2)18-14(7-8-16-18)17-21(19,20)13-6-4-5-12(9-13)11(3)15/h4-11,17H,15H2,1-3H3. The van der Waals surface area contributed by atoms with Crippen LogP contribution in [0.2, 0.25) is 0 Å². The molecule has 0 saturated carbocycles. The molecule has 0 fully saturated rings. The zero-order valence-corrected chi connectivity index (χ0v) is 13.1. The van der Waals surface area contributed by atoms with E-state index >= 15 is 0 Å². The second-order valence-corrected chi connectivity index (χ2v) is 6.90. The summed E-state index contributed by atoms with van der Waals surface area (Å²) >= 11 is 0. The number of aromatic nitrogens is 2. The average molecular weight is 308 g/mol. The molecular formula is C14H20N4O2S. The van der Waals surface area contributed by atoms with Crippen molar-refractivity contribution in [3.63, 3.8) is 0 Å². The molecule has 2 rings (SSSR count). The first-order valence-corrected chi connectivity index (χ1v) is 8.21. The Labute approximate surface area is 125 Å². The summed E-state index contributed by atoms with van der Waals surface area (Å²) in [6.07, 6.45) is 1.57. The minimum atomic E-state index is -3.66. The third-order valence-corrected chi connectivity index (χ3v) is 4.44. The van der Waals surface area contributed by atoms with Crippen LogP contribution in [0.5, 0.6) is 0 Å². The maximum atomic E-state index is 12.5. The van der Waals surface area contributed by atoms with E-state index in [4.69, 9.17) is 5.73 Å². The van der Waals surface area contributed by atoms with E-state index in [2.05, 4.69) is 9.82 Å². The largest absolute Gasteiger partial charge is 0.324 e. The van der Waals surface area contributed by atoms with Gasteiger partial charge in [0.2, 0.25) is 0 Å². The number of hydrogen-bond acceptors (Lipinski definition) is 4. The third-order valence-electron chi connectivity index (χ3n) is 3.09. The first-order chi connectivity index (χ1) is 9.81. The lowest BCUT2D eigenvalue weighted by molar-refractivity contribution is 0.539. The SMILES string of the molecule is CC(N)c1cccc(S(=O)(=O)Nc2ccnn2C(C)C)c1. The van der Waals surface area contributed by atoms with Crippen molar-refractivity contribution in [3.05, 3.63) is 42.1 Å². The van der Waals surface area contributed by atoms with Crippen LogP contribution < -0.4 is 10.5 Å². The summed E-state index contributed by atoms with van der Waals surface area (Å²) in [6, 6.07) is 8.10. The number of benzene rings is 1. The smallest absolute Gasteiger partial charge is 0.263 e. The summed E-state index contributed by atoms with van der Waals surface area (Å²) in [5.41, 5.74) is 6.57. The highest BCUT2D eigenvalue weighted by molar-refractivity contribution is 7.92. The fourth-order valence-electron chi connectivity index (χ4n) is 1.97. The van der Waals surface area contributed by atoms with Crippen LogP contribution in [0.1, 0.15) is 38.4 Å². The van der Waals surface area contributed by atoms with Crippen molar-refractivity contribution in [3.8, 4) is 0 Å². The van der Waals surface area contributed by atoms with Crippen molar-refractivity contribution >= 4 is 15.8 Å². The Morgan fingerprint density at radius 1 is 1.24 bits per heavy atom. The van der Waals surface area contributed by atoms with Gasteiger partial charge in [-0.25, -0.2) is 13.1 Å². The molecule has 6 nitrogen and oxygen atoms in total. The predicted octanol–water partition coefficient (Wildman–Crippen LogP) is 2.28. The van der Waals surface area contributed by atoms with Crippen LogP contribution in [0.3, 0.4) is 0 Å². The van der Waals surface area contributed by atoms with E-state index in [1.807, 2.05) is 26.8 Å². The molecule has 1 atom stereocenters. The second-order valence-electron chi connectivity index (χ2n) is 5.22. The van der Waals surface area contributed by atoms with Gasteiger partial charge in [-0.2, -0.15) is 5.10 Å². The van der Waals surface area contributed by atoms with Gasteiger partial charge in [-0.05, 0) is 38.5 Å². The highest BCUT2D eigenvalue weighted by atomic mass is 32.2. The Hall–Kier alpha value is -1.86. The lowest BCUT2D eigenvalue weighted by Gasteiger charge is -2.14. The lowest BCUT2D eigenvalue weighted by Crippen LogP contribution is -2.18. The van der Waals surface area contributed by atoms with Crippen molar-refractivity contribution in [2.45, 2.75) is 37.8 Å². The molecule has 114 valence electrons. The van der Waals surface area contributed by atoms with Crippen LogP contribution in [0.15, 0.2) is 41.4 Å². The van der Waals surface area contributed by atoms with E-state index in [-0.39, 0.29) is 17.0 Å². The summed E-state index contributed by atoms with van der Waals surface area (Å²) in [7, 11) is -3.66. The van der Waals surface area contributed by atoms with Crippen molar-refractivity contribution in [2.24, 2.45) is 5.73 Å². The molecule has 21 heavy (non-hydrogen) atoms. The van der Waals surface area contributed by atoms with Gasteiger partial charge in [0.05, 0.1) is 11.1 Å². The van der Waals surface area contributed by atoms with Gasteiger partial charge in [0.15, 0.2) is 0 Å². The van der Waals surface area contributed by atoms with Gasteiger partial charge in [0.1, 0.15) is 5.82 Å². The van der Waals surface area contributed by atoms with Gasteiger partial charge in [-0.1, -0.05) is 12.1 Å². The number of nitrogens with zero attached hydrogens (tertiary/aromatic N) is 2. The second kappa shape index (κ2) is 5.87. The van der Waals surface area contributed by atoms with Crippen LogP contribution in [-0.2, 0) is 10.0 Å². The van der Waals surface area contributed by atoms with E-state index < -0.39 is 10.0 Å². The fourth-order valence-corrected chi connectivity index (χ4v) is 3.07. The van der Waals surface area contributed by atoms with Crippen LogP contribution in [-0.4, -0.2) is 18.2 Å². The average Bonchev–Trinajstić information content (AvgIpc) is 2.86. The summed E-state index contributed by atoms with van der Waals surface area (Å²) in [5.74, 6) is 0.441. The monoisotopic (exact) mass is 308 g/mol. The van der Waals surface area contributed by atoms with Crippen LogP contribution in [0, 0.1) is 0 Å². The normalized spacial score (nSPS) is 13.4. The topological polar surface area (TPSA) is 90.0 Å². The summed E-state index contributed by atoms with van der Waals surface area (Å²) in [5, 5.41) is 4.11. The fraction of sp³-hybridized carbons (Fsp3) is 0.357. The van der Waals surface area contributed by atoms with E-state index in [0.29, 0.717) is 5.82 Å². The molecule has 1 aromatic heterocycles. The van der Waals surface area contributed by atoms with Crippen molar-refractivity contribution in [1.82, 2.24) is 9.78 Å². The van der Waals surface area contributed by atoms with Crippen LogP contribution in [0.25, 0.3) is 0 Å². The molecule has 0 radical (unpaired) electrons. The molecule has 1 unspecified atom stereocenters. The molecule has 0 spiro atoms. The van der Waals surface area contributed by atoms with Crippen LogP contribution >= 0.6 is 0 Å². The molecular weight excluding hydrogens is 288 g/mol. The van der Waals surface area contributed by atoms with Gasteiger partial charge in [0, 0.05) is 18.2 Å². The third kappa shape index (κ3) is 3.43. The highest BCUT2D eigenvalue weighted by Gasteiger charge is 2.18. The Balaban J connectivity index is 2.34. The van der Waals surface area contributed by atoms with Crippen molar-refractivity contribution < 1.29 is 8.42 Å². The predicted molar refractivity (Wildman–Crippen MR) is 82.5 cm³/mol. The molecule has 1 aromatic carbocycles. The maximum absolute atomic E-state index is 12.5. The van der Waals surface area contributed by atoms with Gasteiger partial charge < -0.3 is 5.73 Å². The Morgan fingerprint density at radius 2 is 1.95 bits per heavy atom. The molecule has 0 saturated heterocycles. The van der Waals surface area contributed by atoms with Gasteiger partial charge in [0.25, 0.3) is 10.0 Å². The number of sulfonamides is 1. The molecule has 1 heterocycles. The quantitative estimate of drug-likeness (QED) is 0.886. The molecule has 0 amide bonds. The molecule has 0 aliphatic rings. The Morgan fingerprint density at radius 3 is 2.57 bits per heavy atom. The van der Waals surface area contributed by atoms with Gasteiger partial charge >= 0.3 is 0 Å². The van der Waals surface area contributed by atoms with E-state index in [1.165, 1.54) is 0 Å². The molecule has 7 heteroatoms. The van der Waals surface area contributed by atoms with Crippen LogP contribution in [0.4, 0.5) is 5.82 Å². The van der Waals surface area contributed by atoms with E-state index in [0.717, 1.165) is 5.56 Å². The number of nitrogens with two attached hydrogens (primary N) is 1. The summed E-state index contributed by atoms with van der Waals surface area (Å²) in [4.78, 5) is 0.189. The molecule has 3 N–H and O–H groups in total. The first-order valence-electron chi connectivity index (χ1n) is 6.73. The minimum absolute atomic E-state index is 0.0631. The zero-order valence-electron chi connectivity index (χ0n) is 12.3. The number of nitrogens with one attached hydrogen (secondary N) is 1. The minimum Gasteiger partial charge on any atom is -0.324 e. The van der Waals surface area contributed by atoms with Crippen molar-refractivity contribution in [2.75, 3.05) is 4.72 Å². The maximum Gasteiger partial charge on any atom is 0.263 e. The first kappa shape index (κ1) is 15.5. The lowest BCUT2D eigenvalue weighted by atomic mass is 10.1. The molecule has 0 aliphatic carbocycles. The Bertz CT molecular complexity index is 720. The molecule has 2 aromatic rings. The zero-order chi connectivity index (χ0) is 15.6. The number of anilines is 1. The molecule has 0 aliphatic heterocycles. The van der Waals surface area contributed by atoms with Gasteiger partial charge in [-0.15, -0.1) is 0 Å². The van der Waals surface area contributed by atoms with E-state index in [9.17, 15) is 8.42 Å². The summed E-state index contributed by atoms with van der Waals surface area (Å²) < 4.78 is 29.1. The molecule has 0 bridgehead atoms. The highest BCUT2D eigenvalue weighted by Crippen LogP contribution is 2.20. The van der Waals surface area contributed by atoms with Gasteiger partial charge in [-0.3, -0.25) is 4.72 Å². The number of rotatable bonds is 5. The number of hydrogen-bond donors (Lipinski definition) is 2. The summed E-state index contributed by atoms with van der Waals surface area (Å²) in [6.45, 7) is 5.68. The van der Waals surface area contributed by atoms with Crippen molar-refractivity contribution in [1.29, 1.82) is 0 Å². The Kier molecular flexibility index (Phi) is 4.34.